The van der Waals surface area contributed by atoms with Gasteiger partial charge in [-0.3, -0.25) is 0 Å². The van der Waals surface area contributed by atoms with Gasteiger partial charge in [0.1, 0.15) is 5.76 Å². The van der Waals surface area contributed by atoms with Crippen molar-refractivity contribution in [2.45, 2.75) is 6.92 Å². The number of hydrogen-bond donors (Lipinski definition) is 1. The summed E-state index contributed by atoms with van der Waals surface area (Å²) < 4.78 is 7.04. The molecule has 2 aromatic rings. The molecule has 1 N–H and O–H groups in total. The highest BCUT2D eigenvalue weighted by Gasteiger charge is 2.16. The Hall–Kier alpha value is -1.97. The van der Waals surface area contributed by atoms with Gasteiger partial charge >= 0.3 is 5.97 Å². The zero-order chi connectivity index (χ0) is 11.0. The van der Waals surface area contributed by atoms with Crippen molar-refractivity contribution >= 4 is 5.97 Å². The maximum absolute atomic E-state index is 10.9. The van der Waals surface area contributed by atoms with Crippen molar-refractivity contribution in [1.29, 1.82) is 0 Å². The van der Waals surface area contributed by atoms with Crippen LogP contribution < -0.4 is 0 Å². The zero-order valence-corrected chi connectivity index (χ0v) is 8.52. The van der Waals surface area contributed by atoms with Crippen LogP contribution in [0, 0.1) is 6.92 Å². The minimum atomic E-state index is -0.916. The van der Waals surface area contributed by atoms with E-state index in [4.69, 9.17) is 9.52 Å². The molecule has 0 aromatic carbocycles. The van der Waals surface area contributed by atoms with E-state index in [2.05, 4.69) is 0 Å². The third-order valence-electron chi connectivity index (χ3n) is 2.54. The second-order valence-electron chi connectivity index (χ2n) is 3.37. The molecule has 0 saturated heterocycles. The smallest absolute Gasteiger partial charge is 0.337 e. The van der Waals surface area contributed by atoms with Gasteiger partial charge in [0.15, 0.2) is 0 Å². The SMILES string of the molecule is Cc1c(C(=O)O)cc(-c2ccco2)n1C. The number of carbonyl (C=O) groups is 1. The van der Waals surface area contributed by atoms with E-state index in [1.54, 1.807) is 31.4 Å². The first kappa shape index (κ1) is 9.58. The Morgan fingerprint density at radius 1 is 1.53 bits per heavy atom. The monoisotopic (exact) mass is 205 g/mol. The van der Waals surface area contributed by atoms with Crippen LogP contribution in [0.3, 0.4) is 0 Å². The average Bonchev–Trinajstić information content (AvgIpc) is 2.77. The quantitative estimate of drug-likeness (QED) is 0.818. The van der Waals surface area contributed by atoms with Crippen molar-refractivity contribution in [2.75, 3.05) is 0 Å². The minimum Gasteiger partial charge on any atom is -0.478 e. The molecule has 4 heteroatoms. The lowest BCUT2D eigenvalue weighted by Gasteiger charge is -2.01. The third kappa shape index (κ3) is 1.44. The van der Waals surface area contributed by atoms with Gasteiger partial charge in [-0.1, -0.05) is 0 Å². The summed E-state index contributed by atoms with van der Waals surface area (Å²) >= 11 is 0. The van der Waals surface area contributed by atoms with Gasteiger partial charge in [-0.05, 0) is 25.1 Å². The molecule has 0 fully saturated rings. The summed E-state index contributed by atoms with van der Waals surface area (Å²) in [6.45, 7) is 1.77. The first-order chi connectivity index (χ1) is 7.11. The van der Waals surface area contributed by atoms with Crippen LogP contribution in [-0.2, 0) is 7.05 Å². The van der Waals surface area contributed by atoms with Gasteiger partial charge in [-0.15, -0.1) is 0 Å². The van der Waals surface area contributed by atoms with Crippen molar-refractivity contribution in [2.24, 2.45) is 7.05 Å². The molecule has 0 aliphatic rings. The Bertz CT molecular complexity index is 494. The lowest BCUT2D eigenvalue weighted by Crippen LogP contribution is -1.99. The van der Waals surface area contributed by atoms with Crippen LogP contribution in [0.4, 0.5) is 0 Å². The number of carboxylic acid groups (broad SMARTS) is 1. The molecule has 0 radical (unpaired) electrons. The molecule has 2 rings (SSSR count). The largest absolute Gasteiger partial charge is 0.478 e. The first-order valence-electron chi connectivity index (χ1n) is 4.54. The molecule has 0 aliphatic carbocycles. The van der Waals surface area contributed by atoms with E-state index in [-0.39, 0.29) is 0 Å². The molecule has 2 aromatic heterocycles. The number of aromatic carboxylic acids is 1. The Labute approximate surface area is 86.8 Å². The van der Waals surface area contributed by atoms with E-state index in [1.807, 2.05) is 11.6 Å². The molecule has 0 bridgehead atoms. The van der Waals surface area contributed by atoms with Crippen molar-refractivity contribution < 1.29 is 14.3 Å². The van der Waals surface area contributed by atoms with Crippen LogP contribution in [0.1, 0.15) is 16.1 Å². The number of hydrogen-bond acceptors (Lipinski definition) is 2. The molecule has 0 saturated carbocycles. The molecule has 0 spiro atoms. The predicted octanol–water partition coefficient (Wildman–Crippen LogP) is 2.29. The van der Waals surface area contributed by atoms with E-state index < -0.39 is 5.97 Å². The zero-order valence-electron chi connectivity index (χ0n) is 8.52. The molecule has 4 nitrogen and oxygen atoms in total. The third-order valence-corrected chi connectivity index (χ3v) is 2.54. The molecule has 0 aliphatic heterocycles. The van der Waals surface area contributed by atoms with E-state index in [9.17, 15) is 4.79 Å². The number of aromatic nitrogens is 1. The average molecular weight is 205 g/mol. The number of carboxylic acids is 1. The first-order valence-corrected chi connectivity index (χ1v) is 4.54. The number of furan rings is 1. The highest BCUT2D eigenvalue weighted by molar-refractivity contribution is 5.90. The second kappa shape index (κ2) is 3.31. The fourth-order valence-corrected chi connectivity index (χ4v) is 1.58. The van der Waals surface area contributed by atoms with Crippen molar-refractivity contribution in [3.05, 3.63) is 35.7 Å². The summed E-state index contributed by atoms with van der Waals surface area (Å²) in [5, 5.41) is 8.96. The van der Waals surface area contributed by atoms with Crippen LogP contribution in [-0.4, -0.2) is 15.6 Å². The molecule has 2 heterocycles. The molecule has 78 valence electrons. The Kier molecular flexibility index (Phi) is 2.11. The topological polar surface area (TPSA) is 55.4 Å². The summed E-state index contributed by atoms with van der Waals surface area (Å²) in [7, 11) is 1.82. The summed E-state index contributed by atoms with van der Waals surface area (Å²) in [5.74, 6) is -0.242. The summed E-state index contributed by atoms with van der Waals surface area (Å²) in [6.07, 6.45) is 1.57. The summed E-state index contributed by atoms with van der Waals surface area (Å²) in [4.78, 5) is 10.9. The van der Waals surface area contributed by atoms with E-state index in [1.165, 1.54) is 0 Å². The fraction of sp³-hybridized carbons (Fsp3) is 0.182. The molecule has 0 unspecified atom stereocenters. The normalized spacial score (nSPS) is 10.5. The van der Waals surface area contributed by atoms with Crippen molar-refractivity contribution in [3.63, 3.8) is 0 Å². The van der Waals surface area contributed by atoms with Crippen LogP contribution in [0.2, 0.25) is 0 Å². The minimum absolute atomic E-state index is 0.309. The van der Waals surface area contributed by atoms with E-state index in [0.717, 1.165) is 5.69 Å². The van der Waals surface area contributed by atoms with Gasteiger partial charge in [0, 0.05) is 12.7 Å². The standard InChI is InChI=1S/C11H11NO3/c1-7-8(11(13)14)6-9(12(7)2)10-4-3-5-15-10/h3-6H,1-2H3,(H,13,14). The lowest BCUT2D eigenvalue weighted by atomic mass is 10.2. The van der Waals surface area contributed by atoms with Gasteiger partial charge < -0.3 is 14.1 Å². The second-order valence-corrected chi connectivity index (χ2v) is 3.37. The molecular formula is C11H11NO3. The highest BCUT2D eigenvalue weighted by atomic mass is 16.4. The van der Waals surface area contributed by atoms with E-state index >= 15 is 0 Å². The van der Waals surface area contributed by atoms with Gasteiger partial charge in [0.2, 0.25) is 0 Å². The maximum atomic E-state index is 10.9. The summed E-state index contributed by atoms with van der Waals surface area (Å²) in [6, 6.07) is 5.20. The fourth-order valence-electron chi connectivity index (χ4n) is 1.58. The van der Waals surface area contributed by atoms with Gasteiger partial charge in [-0.2, -0.15) is 0 Å². The Balaban J connectivity index is 2.60. The number of nitrogens with zero attached hydrogens (tertiary/aromatic N) is 1. The number of rotatable bonds is 2. The molecule has 0 amide bonds. The maximum Gasteiger partial charge on any atom is 0.337 e. The van der Waals surface area contributed by atoms with Crippen LogP contribution in [0.25, 0.3) is 11.5 Å². The van der Waals surface area contributed by atoms with Crippen molar-refractivity contribution in [3.8, 4) is 11.5 Å². The van der Waals surface area contributed by atoms with Gasteiger partial charge in [-0.25, -0.2) is 4.79 Å². The van der Waals surface area contributed by atoms with Gasteiger partial charge in [0.05, 0.1) is 17.5 Å². The molecule has 15 heavy (non-hydrogen) atoms. The van der Waals surface area contributed by atoms with Crippen molar-refractivity contribution in [1.82, 2.24) is 4.57 Å². The Morgan fingerprint density at radius 3 is 2.73 bits per heavy atom. The predicted molar refractivity (Wildman–Crippen MR) is 54.8 cm³/mol. The summed E-state index contributed by atoms with van der Waals surface area (Å²) in [5.41, 5.74) is 1.80. The van der Waals surface area contributed by atoms with Crippen LogP contribution in [0.15, 0.2) is 28.9 Å². The molecular weight excluding hydrogens is 194 g/mol. The lowest BCUT2D eigenvalue weighted by molar-refractivity contribution is 0.0696. The van der Waals surface area contributed by atoms with Gasteiger partial charge in [0.25, 0.3) is 0 Å². The van der Waals surface area contributed by atoms with Crippen LogP contribution >= 0.6 is 0 Å². The Morgan fingerprint density at radius 2 is 2.27 bits per heavy atom. The van der Waals surface area contributed by atoms with E-state index in [0.29, 0.717) is 17.0 Å². The highest BCUT2D eigenvalue weighted by Crippen LogP contribution is 2.24. The molecule has 0 atom stereocenters. The van der Waals surface area contributed by atoms with Crippen LogP contribution in [0.5, 0.6) is 0 Å².